The number of benzene rings is 1. The van der Waals surface area contributed by atoms with E-state index in [9.17, 15) is 0 Å². The van der Waals surface area contributed by atoms with Crippen LogP contribution in [0, 0.1) is 0 Å². The average Bonchev–Trinajstić information content (AvgIpc) is 2.17. The molecule has 0 spiro atoms. The SMILES string of the molecule is COCC(Cc1cccc(Cl)c1)NN. The van der Waals surface area contributed by atoms with E-state index in [1.807, 2.05) is 24.3 Å². The topological polar surface area (TPSA) is 47.3 Å². The van der Waals surface area contributed by atoms with E-state index in [4.69, 9.17) is 22.2 Å². The highest BCUT2D eigenvalue weighted by Gasteiger charge is 2.06. The van der Waals surface area contributed by atoms with Crippen LogP contribution in [0.15, 0.2) is 24.3 Å². The second-order valence-electron chi connectivity index (χ2n) is 3.15. The predicted octanol–water partition coefficient (Wildman–Crippen LogP) is 1.36. The maximum absolute atomic E-state index is 5.87. The fourth-order valence-electron chi connectivity index (χ4n) is 1.32. The molecule has 0 heterocycles. The van der Waals surface area contributed by atoms with Crippen molar-refractivity contribution in [3.63, 3.8) is 0 Å². The van der Waals surface area contributed by atoms with Crippen LogP contribution >= 0.6 is 11.6 Å². The Kier molecular flexibility index (Phi) is 4.90. The van der Waals surface area contributed by atoms with Gasteiger partial charge in [-0.15, -0.1) is 0 Å². The van der Waals surface area contributed by atoms with Gasteiger partial charge in [-0.2, -0.15) is 0 Å². The van der Waals surface area contributed by atoms with Crippen LogP contribution in [0.3, 0.4) is 0 Å². The normalized spacial score (nSPS) is 12.8. The fraction of sp³-hybridized carbons (Fsp3) is 0.400. The third-order valence-electron chi connectivity index (χ3n) is 1.97. The molecule has 78 valence electrons. The Labute approximate surface area is 89.2 Å². The molecule has 0 radical (unpaired) electrons. The Balaban J connectivity index is 2.57. The monoisotopic (exact) mass is 214 g/mol. The molecule has 1 aromatic rings. The lowest BCUT2D eigenvalue weighted by atomic mass is 10.1. The third kappa shape index (κ3) is 3.64. The zero-order valence-corrected chi connectivity index (χ0v) is 8.92. The highest BCUT2D eigenvalue weighted by molar-refractivity contribution is 6.30. The van der Waals surface area contributed by atoms with Crippen LogP contribution < -0.4 is 11.3 Å². The molecule has 0 saturated carbocycles. The van der Waals surface area contributed by atoms with Crippen molar-refractivity contribution in [2.45, 2.75) is 12.5 Å². The van der Waals surface area contributed by atoms with Crippen LogP contribution in [0.2, 0.25) is 5.02 Å². The minimum absolute atomic E-state index is 0.124. The zero-order chi connectivity index (χ0) is 10.4. The van der Waals surface area contributed by atoms with E-state index in [0.29, 0.717) is 6.61 Å². The van der Waals surface area contributed by atoms with Gasteiger partial charge in [0.1, 0.15) is 0 Å². The molecule has 0 fully saturated rings. The highest BCUT2D eigenvalue weighted by Crippen LogP contribution is 2.12. The van der Waals surface area contributed by atoms with Gasteiger partial charge in [-0.25, -0.2) is 0 Å². The number of methoxy groups -OCH3 is 1. The highest BCUT2D eigenvalue weighted by atomic mass is 35.5. The first kappa shape index (κ1) is 11.5. The molecule has 0 aromatic heterocycles. The first-order valence-corrected chi connectivity index (χ1v) is 4.83. The molecule has 4 heteroatoms. The Hall–Kier alpha value is -0.610. The van der Waals surface area contributed by atoms with Crippen molar-refractivity contribution in [2.75, 3.05) is 13.7 Å². The van der Waals surface area contributed by atoms with Gasteiger partial charge in [0.15, 0.2) is 0 Å². The smallest absolute Gasteiger partial charge is 0.0632 e. The summed E-state index contributed by atoms with van der Waals surface area (Å²) in [5.41, 5.74) is 3.85. The van der Waals surface area contributed by atoms with Crippen LogP contribution in [0.5, 0.6) is 0 Å². The largest absolute Gasteiger partial charge is 0.383 e. The van der Waals surface area contributed by atoms with E-state index < -0.39 is 0 Å². The molecule has 0 amide bonds. The van der Waals surface area contributed by atoms with E-state index in [1.54, 1.807) is 7.11 Å². The molecule has 1 atom stereocenters. The molecule has 1 unspecified atom stereocenters. The number of hydrazine groups is 1. The van der Waals surface area contributed by atoms with Gasteiger partial charge in [-0.1, -0.05) is 23.7 Å². The van der Waals surface area contributed by atoms with Crippen LogP contribution in [-0.4, -0.2) is 19.8 Å². The molecule has 1 aromatic carbocycles. The van der Waals surface area contributed by atoms with E-state index in [1.165, 1.54) is 0 Å². The molecule has 14 heavy (non-hydrogen) atoms. The zero-order valence-electron chi connectivity index (χ0n) is 8.16. The van der Waals surface area contributed by atoms with Gasteiger partial charge in [0, 0.05) is 18.2 Å². The van der Waals surface area contributed by atoms with Crippen molar-refractivity contribution in [1.29, 1.82) is 0 Å². The predicted molar refractivity (Wildman–Crippen MR) is 58.1 cm³/mol. The molecular formula is C10H15ClN2O. The fourth-order valence-corrected chi connectivity index (χ4v) is 1.53. The quantitative estimate of drug-likeness (QED) is 0.575. The van der Waals surface area contributed by atoms with Crippen LogP contribution in [0.25, 0.3) is 0 Å². The molecule has 3 nitrogen and oxygen atoms in total. The van der Waals surface area contributed by atoms with E-state index in [0.717, 1.165) is 17.0 Å². The van der Waals surface area contributed by atoms with Gasteiger partial charge in [0.2, 0.25) is 0 Å². The maximum atomic E-state index is 5.87. The molecule has 0 bridgehead atoms. The van der Waals surface area contributed by atoms with Crippen molar-refractivity contribution < 1.29 is 4.74 Å². The number of hydrogen-bond donors (Lipinski definition) is 2. The summed E-state index contributed by atoms with van der Waals surface area (Å²) in [7, 11) is 1.66. The molecule has 0 aliphatic rings. The molecule has 0 aliphatic heterocycles. The van der Waals surface area contributed by atoms with Gasteiger partial charge < -0.3 is 4.74 Å². The summed E-state index contributed by atoms with van der Waals surface area (Å²) < 4.78 is 5.02. The lowest BCUT2D eigenvalue weighted by Crippen LogP contribution is -2.40. The van der Waals surface area contributed by atoms with Gasteiger partial charge in [-0.05, 0) is 24.1 Å². The Morgan fingerprint density at radius 2 is 2.36 bits per heavy atom. The summed E-state index contributed by atoms with van der Waals surface area (Å²) in [4.78, 5) is 0. The maximum Gasteiger partial charge on any atom is 0.0632 e. The molecule has 1 rings (SSSR count). The van der Waals surface area contributed by atoms with Crippen molar-refractivity contribution in [3.05, 3.63) is 34.9 Å². The molecule has 0 saturated heterocycles. The second-order valence-corrected chi connectivity index (χ2v) is 3.59. The summed E-state index contributed by atoms with van der Waals surface area (Å²) >= 11 is 5.87. The van der Waals surface area contributed by atoms with Crippen LogP contribution in [0.4, 0.5) is 0 Å². The van der Waals surface area contributed by atoms with Crippen LogP contribution in [-0.2, 0) is 11.2 Å². The lowest BCUT2D eigenvalue weighted by molar-refractivity contribution is 0.166. The summed E-state index contributed by atoms with van der Waals surface area (Å²) in [6.45, 7) is 0.586. The molecule has 0 aliphatic carbocycles. The minimum Gasteiger partial charge on any atom is -0.383 e. The van der Waals surface area contributed by atoms with Crippen molar-refractivity contribution in [3.8, 4) is 0 Å². The summed E-state index contributed by atoms with van der Waals surface area (Å²) in [6.07, 6.45) is 0.810. The Bertz CT molecular complexity index is 281. The van der Waals surface area contributed by atoms with Gasteiger partial charge in [-0.3, -0.25) is 11.3 Å². The Morgan fingerprint density at radius 3 is 2.93 bits per heavy atom. The summed E-state index contributed by atoms with van der Waals surface area (Å²) in [6, 6.07) is 7.86. The third-order valence-corrected chi connectivity index (χ3v) is 2.21. The van der Waals surface area contributed by atoms with Crippen molar-refractivity contribution >= 4 is 11.6 Å². The number of rotatable bonds is 5. The average molecular weight is 215 g/mol. The van der Waals surface area contributed by atoms with E-state index in [2.05, 4.69) is 5.43 Å². The van der Waals surface area contributed by atoms with Gasteiger partial charge in [0.05, 0.1) is 6.61 Å². The second kappa shape index (κ2) is 5.98. The summed E-state index contributed by atoms with van der Waals surface area (Å²) in [5, 5.41) is 0.746. The van der Waals surface area contributed by atoms with Crippen molar-refractivity contribution in [1.82, 2.24) is 5.43 Å². The first-order chi connectivity index (χ1) is 6.76. The number of halogens is 1. The number of ether oxygens (including phenoxy) is 1. The van der Waals surface area contributed by atoms with Gasteiger partial charge in [0.25, 0.3) is 0 Å². The molecule has 3 N–H and O–H groups in total. The molecular weight excluding hydrogens is 200 g/mol. The minimum atomic E-state index is 0.124. The number of nitrogens with one attached hydrogen (secondary N) is 1. The van der Waals surface area contributed by atoms with E-state index in [-0.39, 0.29) is 6.04 Å². The first-order valence-electron chi connectivity index (χ1n) is 4.45. The summed E-state index contributed by atoms with van der Waals surface area (Å²) in [5.74, 6) is 5.38. The van der Waals surface area contributed by atoms with Crippen molar-refractivity contribution in [2.24, 2.45) is 5.84 Å². The Morgan fingerprint density at radius 1 is 1.57 bits per heavy atom. The standard InChI is InChI=1S/C10H15ClN2O/c1-14-7-10(13-12)6-8-3-2-4-9(11)5-8/h2-5,10,13H,6-7,12H2,1H3. The lowest BCUT2D eigenvalue weighted by Gasteiger charge is -2.14. The van der Waals surface area contributed by atoms with Gasteiger partial charge >= 0.3 is 0 Å². The number of nitrogens with two attached hydrogens (primary N) is 1. The van der Waals surface area contributed by atoms with E-state index >= 15 is 0 Å². The van der Waals surface area contributed by atoms with Crippen LogP contribution in [0.1, 0.15) is 5.56 Å². The number of hydrogen-bond acceptors (Lipinski definition) is 3.